The molecule has 0 aliphatic rings. The van der Waals surface area contributed by atoms with Gasteiger partial charge < -0.3 is 14.8 Å². The Labute approximate surface area is 212 Å². The molecule has 2 aromatic carbocycles. The molecule has 0 unspecified atom stereocenters. The number of carbonyl (C=O) groups is 1. The molecule has 0 saturated carbocycles. The second-order valence-corrected chi connectivity index (χ2v) is 10.1. The lowest BCUT2D eigenvalue weighted by molar-refractivity contribution is 0.102. The molecule has 1 heterocycles. The van der Waals surface area contributed by atoms with Gasteiger partial charge in [0.25, 0.3) is 5.91 Å². The number of aromatic nitrogens is 3. The molecule has 0 fully saturated rings. The van der Waals surface area contributed by atoms with Gasteiger partial charge in [0.05, 0.1) is 19.4 Å². The second-order valence-electron chi connectivity index (χ2n) is 8.59. The molecule has 0 radical (unpaired) electrons. The van der Waals surface area contributed by atoms with Crippen LogP contribution in [0.5, 0.6) is 11.5 Å². The molecule has 1 aromatic heterocycles. The number of hydrogen-bond donors (Lipinski definition) is 1. The third kappa shape index (κ3) is 6.17. The van der Waals surface area contributed by atoms with Crippen LogP contribution in [0.2, 0.25) is 5.02 Å². The average molecular weight is 583 g/mol. The van der Waals surface area contributed by atoms with Crippen molar-refractivity contribution in [3.63, 3.8) is 0 Å². The quantitative estimate of drug-likeness (QED) is 0.201. The Bertz CT molecular complexity index is 1140. The number of amides is 1. The summed E-state index contributed by atoms with van der Waals surface area (Å²) >= 11 is 8.48. The number of halogens is 2. The first-order valence-electron chi connectivity index (χ1n) is 10.6. The fourth-order valence-corrected chi connectivity index (χ4v) is 3.70. The Balaban J connectivity index is 1.90. The lowest BCUT2D eigenvalue weighted by atomic mass is 9.86. The third-order valence-corrected chi connectivity index (χ3v) is 6.05. The summed E-state index contributed by atoms with van der Waals surface area (Å²) in [6.45, 7) is 8.77. The molecule has 0 atom stereocenters. The molecule has 33 heavy (non-hydrogen) atoms. The van der Waals surface area contributed by atoms with E-state index < -0.39 is 0 Å². The van der Waals surface area contributed by atoms with Crippen LogP contribution in [0.25, 0.3) is 5.69 Å². The zero-order valence-corrected chi connectivity index (χ0v) is 22.3. The van der Waals surface area contributed by atoms with Crippen molar-refractivity contribution in [1.29, 1.82) is 0 Å². The number of nitrogens with one attached hydrogen (secondary N) is 1. The number of nitrogens with zero attached hydrogens (tertiary/aromatic N) is 3. The molecule has 0 spiro atoms. The Morgan fingerprint density at radius 1 is 1.21 bits per heavy atom. The summed E-state index contributed by atoms with van der Waals surface area (Å²) < 4.78 is 13.9. The maximum absolute atomic E-state index is 13.1. The summed E-state index contributed by atoms with van der Waals surface area (Å²) in [7, 11) is 1.56. The predicted octanol–water partition coefficient (Wildman–Crippen LogP) is 5.99. The molecule has 0 saturated heterocycles. The van der Waals surface area contributed by atoms with Gasteiger partial charge in [0.1, 0.15) is 17.2 Å². The molecular formula is C24H28ClIN4O3. The van der Waals surface area contributed by atoms with E-state index in [9.17, 15) is 4.79 Å². The SMILES string of the molecule is COc1ccc(Cl)cc1-n1nnc(C(=O)Nc2cc(OCCCI)cc(C(C)(C)C)c2)c1C. The van der Waals surface area contributed by atoms with Crippen LogP contribution < -0.4 is 14.8 Å². The molecule has 1 amide bonds. The van der Waals surface area contributed by atoms with Crippen LogP contribution in [0.4, 0.5) is 5.69 Å². The zero-order valence-electron chi connectivity index (χ0n) is 19.4. The monoisotopic (exact) mass is 582 g/mol. The number of hydrogen-bond acceptors (Lipinski definition) is 5. The summed E-state index contributed by atoms with van der Waals surface area (Å²) in [5, 5.41) is 11.8. The van der Waals surface area contributed by atoms with E-state index in [1.807, 2.05) is 18.2 Å². The van der Waals surface area contributed by atoms with Gasteiger partial charge in [-0.2, -0.15) is 0 Å². The average Bonchev–Trinajstić information content (AvgIpc) is 3.14. The largest absolute Gasteiger partial charge is 0.494 e. The number of rotatable bonds is 8. The molecule has 3 aromatic rings. The van der Waals surface area contributed by atoms with Crippen LogP contribution in [0.1, 0.15) is 48.9 Å². The third-order valence-electron chi connectivity index (χ3n) is 5.06. The van der Waals surface area contributed by atoms with E-state index in [2.05, 4.69) is 59.0 Å². The summed E-state index contributed by atoms with van der Waals surface area (Å²) in [6, 6.07) is 11.0. The van der Waals surface area contributed by atoms with Crippen molar-refractivity contribution in [2.24, 2.45) is 0 Å². The molecule has 0 aliphatic carbocycles. The summed E-state index contributed by atoms with van der Waals surface area (Å²) in [5.41, 5.74) is 2.99. The van der Waals surface area contributed by atoms with Crippen LogP contribution in [0.15, 0.2) is 36.4 Å². The van der Waals surface area contributed by atoms with Gasteiger partial charge in [0.2, 0.25) is 0 Å². The first kappa shape index (κ1) is 25.3. The summed E-state index contributed by atoms with van der Waals surface area (Å²) in [6.07, 6.45) is 0.956. The number of alkyl halides is 1. The fraction of sp³-hybridized carbons (Fsp3) is 0.375. The van der Waals surface area contributed by atoms with Crippen molar-refractivity contribution in [3.05, 3.63) is 58.4 Å². The van der Waals surface area contributed by atoms with Gasteiger partial charge in [0.15, 0.2) is 5.69 Å². The Kier molecular flexibility index (Phi) is 8.23. The summed E-state index contributed by atoms with van der Waals surface area (Å²) in [4.78, 5) is 13.1. The summed E-state index contributed by atoms with van der Waals surface area (Å²) in [5.74, 6) is 0.946. The molecule has 1 N–H and O–H groups in total. The van der Waals surface area contributed by atoms with Crippen molar-refractivity contribution >= 4 is 45.8 Å². The van der Waals surface area contributed by atoms with Gasteiger partial charge in [-0.15, -0.1) is 5.10 Å². The van der Waals surface area contributed by atoms with E-state index >= 15 is 0 Å². The second kappa shape index (κ2) is 10.7. The predicted molar refractivity (Wildman–Crippen MR) is 140 cm³/mol. The molecule has 0 aliphatic heterocycles. The number of benzene rings is 2. The first-order chi connectivity index (χ1) is 15.6. The van der Waals surface area contributed by atoms with Crippen LogP contribution in [0, 0.1) is 6.92 Å². The van der Waals surface area contributed by atoms with Crippen molar-refractivity contribution in [3.8, 4) is 17.2 Å². The zero-order chi connectivity index (χ0) is 24.2. The molecule has 7 nitrogen and oxygen atoms in total. The highest BCUT2D eigenvalue weighted by atomic mass is 127. The maximum Gasteiger partial charge on any atom is 0.278 e. The molecule has 3 rings (SSSR count). The standard InChI is InChI=1S/C24H28ClIN4O3/c1-15-22(28-29-30(15)20-13-17(25)7-8-21(20)32-5)23(31)27-18-11-16(24(2,3)4)12-19(14-18)33-10-6-9-26/h7-8,11-14H,6,9-10H2,1-5H3,(H,27,31). The van der Waals surface area contributed by atoms with Gasteiger partial charge in [0, 0.05) is 21.2 Å². The fourth-order valence-electron chi connectivity index (χ4n) is 3.22. The highest BCUT2D eigenvalue weighted by Gasteiger charge is 2.21. The van der Waals surface area contributed by atoms with Gasteiger partial charge in [-0.1, -0.05) is 60.2 Å². The Hall–Kier alpha value is -2.33. The van der Waals surface area contributed by atoms with Crippen molar-refractivity contribution in [2.75, 3.05) is 23.5 Å². The van der Waals surface area contributed by atoms with Crippen molar-refractivity contribution in [2.45, 2.75) is 39.5 Å². The molecule has 0 bridgehead atoms. The van der Waals surface area contributed by atoms with Crippen molar-refractivity contribution < 1.29 is 14.3 Å². The maximum atomic E-state index is 13.1. The van der Waals surface area contributed by atoms with Gasteiger partial charge in [-0.05, 0) is 54.7 Å². The molecule has 9 heteroatoms. The van der Waals surface area contributed by atoms with Crippen LogP contribution in [-0.4, -0.2) is 39.0 Å². The van der Waals surface area contributed by atoms with Crippen LogP contribution in [-0.2, 0) is 5.41 Å². The van der Waals surface area contributed by atoms with Crippen LogP contribution >= 0.6 is 34.2 Å². The van der Waals surface area contributed by atoms with E-state index in [4.69, 9.17) is 21.1 Å². The van der Waals surface area contributed by atoms with E-state index in [0.29, 0.717) is 34.4 Å². The minimum atomic E-state index is -0.357. The van der Waals surface area contributed by atoms with Gasteiger partial charge >= 0.3 is 0 Å². The highest BCUT2D eigenvalue weighted by molar-refractivity contribution is 14.1. The molecule has 176 valence electrons. The van der Waals surface area contributed by atoms with E-state index in [-0.39, 0.29) is 17.0 Å². The Morgan fingerprint density at radius 3 is 2.64 bits per heavy atom. The number of ether oxygens (including phenoxy) is 2. The minimum absolute atomic E-state index is 0.107. The van der Waals surface area contributed by atoms with Gasteiger partial charge in [-0.3, -0.25) is 4.79 Å². The van der Waals surface area contributed by atoms with Crippen LogP contribution in [0.3, 0.4) is 0 Å². The Morgan fingerprint density at radius 2 is 1.97 bits per heavy atom. The van der Waals surface area contributed by atoms with E-state index in [1.165, 1.54) is 0 Å². The van der Waals surface area contributed by atoms with Crippen molar-refractivity contribution in [1.82, 2.24) is 15.0 Å². The number of anilines is 1. The van der Waals surface area contributed by atoms with E-state index in [0.717, 1.165) is 22.2 Å². The lowest BCUT2D eigenvalue weighted by Gasteiger charge is -2.21. The first-order valence-corrected chi connectivity index (χ1v) is 12.5. The highest BCUT2D eigenvalue weighted by Crippen LogP contribution is 2.31. The smallest absolute Gasteiger partial charge is 0.278 e. The molecular weight excluding hydrogens is 555 g/mol. The lowest BCUT2D eigenvalue weighted by Crippen LogP contribution is -2.16. The minimum Gasteiger partial charge on any atom is -0.494 e. The topological polar surface area (TPSA) is 78.3 Å². The normalized spacial score (nSPS) is 11.4. The number of carbonyl (C=O) groups excluding carboxylic acids is 1. The van der Waals surface area contributed by atoms with Gasteiger partial charge in [-0.25, -0.2) is 4.68 Å². The number of methoxy groups -OCH3 is 1. The van der Waals surface area contributed by atoms with E-state index in [1.54, 1.807) is 36.9 Å².